The second kappa shape index (κ2) is 20.9. The molecule has 1 amide bonds. The number of nitrogens with zero attached hydrogens (tertiary/aromatic N) is 2. The molecular weight excluding hydrogens is 925 g/mol. The molecule has 5 fully saturated rings. The number of amides is 1. The minimum atomic E-state index is -2.37. The monoisotopic (exact) mass is 1010 g/mol. The Morgan fingerprint density at radius 3 is 2.21 bits per heavy atom. The lowest BCUT2D eigenvalue weighted by Gasteiger charge is -2.63. The predicted molar refractivity (Wildman–Crippen MR) is 260 cm³/mol. The molecule has 18 heteroatoms. The number of likely N-dealkylation sites (N-methyl/N-ethyl adjacent to an activating group) is 1. The molecule has 6 unspecified atom stereocenters. The number of esters is 1. The molecule has 6 aliphatic rings. The number of hydrogen-bond donors (Lipinski definition) is 8. The molecule has 2 aliphatic heterocycles. The normalized spacial score (nSPS) is 50.2. The molecule has 6 rings (SSSR count). The van der Waals surface area contributed by atoms with Gasteiger partial charge in [-0.05, 0) is 136 Å². The Labute approximate surface area is 419 Å². The summed E-state index contributed by atoms with van der Waals surface area (Å²) in [5.41, 5.74) is -11.1. The van der Waals surface area contributed by atoms with Gasteiger partial charge in [0.05, 0.1) is 35.9 Å². The first-order valence-electron chi connectivity index (χ1n) is 26.1. The van der Waals surface area contributed by atoms with Crippen molar-refractivity contribution in [2.24, 2.45) is 46.3 Å². The van der Waals surface area contributed by atoms with Crippen molar-refractivity contribution < 1.29 is 73.1 Å². The standard InChI is InChI=1S/C53H87F2N3O13/c1-14-40-51(11,67)43(63)32(7)58(26-27(2)24-50(10,66)44(30(5)41(61)31(6)45(64)70-40)71-46-42(62)38(57(12)13)21-29(4)69-46)19-15-18-56-47(65)53(68)28(3)20-34-35-23-37(54)36-22-33(59)16-17-48(36,8)52(35,55)39(60)25-49(34,53)9/h16-17,22,27-32,34-35,37-44,46,60-63,66-68H,14-15,18-21,23-26H2,1-13H3,(H,56,65)/t27-,28-,29?,30+,31-,32-,34?,35?,37+,38-,39+,40-,41?,42-,43-,44?,46?,48+,49+,50-,51-,52+,53+/m1/s1. The van der Waals surface area contributed by atoms with Crippen LogP contribution in [0.4, 0.5) is 8.78 Å². The van der Waals surface area contributed by atoms with Crippen molar-refractivity contribution in [2.45, 2.75) is 211 Å². The summed E-state index contributed by atoms with van der Waals surface area (Å²) in [6.07, 6.45) is -7.07. The maximum absolute atomic E-state index is 17.8. The number of carbonyl (C=O) groups excluding carboxylic acids is 3. The van der Waals surface area contributed by atoms with Crippen LogP contribution in [0.3, 0.4) is 0 Å². The number of aliphatic hydroxyl groups is 7. The highest BCUT2D eigenvalue weighted by molar-refractivity contribution is 6.01. The van der Waals surface area contributed by atoms with E-state index >= 15 is 8.78 Å². The highest BCUT2D eigenvalue weighted by Gasteiger charge is 2.77. The smallest absolute Gasteiger partial charge is 0.311 e. The van der Waals surface area contributed by atoms with Gasteiger partial charge in [0, 0.05) is 54.4 Å². The van der Waals surface area contributed by atoms with E-state index in [1.54, 1.807) is 41.5 Å². The molecule has 16 nitrogen and oxygen atoms in total. The number of aliphatic hydroxyl groups excluding tert-OH is 4. The van der Waals surface area contributed by atoms with Gasteiger partial charge < -0.3 is 60.2 Å². The van der Waals surface area contributed by atoms with Gasteiger partial charge in [0.2, 0.25) is 0 Å². The Bertz CT molecular complexity index is 2010. The van der Waals surface area contributed by atoms with Gasteiger partial charge >= 0.3 is 5.97 Å². The van der Waals surface area contributed by atoms with E-state index in [4.69, 9.17) is 14.2 Å². The average Bonchev–Trinajstić information content (AvgIpc) is 3.49. The molecule has 3 saturated carbocycles. The third-order valence-corrected chi connectivity index (χ3v) is 18.8. The van der Waals surface area contributed by atoms with E-state index in [1.807, 2.05) is 37.7 Å². The Morgan fingerprint density at radius 1 is 0.944 bits per heavy atom. The fourth-order valence-electron chi connectivity index (χ4n) is 14.5. The first kappa shape index (κ1) is 57.8. The number of ether oxygens (including phenoxy) is 3. The molecule has 406 valence electrons. The van der Waals surface area contributed by atoms with E-state index < -0.39 is 136 Å². The lowest BCUT2D eigenvalue weighted by molar-refractivity contribution is -0.299. The van der Waals surface area contributed by atoms with Gasteiger partial charge in [-0.2, -0.15) is 0 Å². The maximum Gasteiger partial charge on any atom is 0.311 e. The zero-order chi connectivity index (χ0) is 53.3. The zero-order valence-corrected chi connectivity index (χ0v) is 44.3. The molecule has 2 heterocycles. The Kier molecular flexibility index (Phi) is 17.0. The molecule has 23 atom stereocenters. The minimum absolute atomic E-state index is 0.0103. The molecule has 2 saturated heterocycles. The van der Waals surface area contributed by atoms with E-state index in [-0.39, 0.29) is 81.8 Å². The number of cyclic esters (lactones) is 1. The van der Waals surface area contributed by atoms with Crippen LogP contribution in [0.5, 0.6) is 0 Å². The van der Waals surface area contributed by atoms with Gasteiger partial charge in [-0.25, -0.2) is 8.78 Å². The molecule has 0 bridgehead atoms. The van der Waals surface area contributed by atoms with E-state index in [9.17, 15) is 50.1 Å². The molecule has 0 aromatic carbocycles. The molecule has 8 N–H and O–H groups in total. The summed E-state index contributed by atoms with van der Waals surface area (Å²) in [6.45, 7) is 18.6. The summed E-state index contributed by atoms with van der Waals surface area (Å²) < 4.78 is 52.4. The van der Waals surface area contributed by atoms with Crippen LogP contribution in [0.25, 0.3) is 0 Å². The van der Waals surface area contributed by atoms with E-state index in [2.05, 4.69) is 5.32 Å². The molecule has 4 aliphatic carbocycles. The van der Waals surface area contributed by atoms with Crippen LogP contribution in [-0.2, 0) is 28.6 Å². The van der Waals surface area contributed by atoms with Gasteiger partial charge in [0.15, 0.2) is 23.3 Å². The van der Waals surface area contributed by atoms with Gasteiger partial charge in [-0.15, -0.1) is 0 Å². The summed E-state index contributed by atoms with van der Waals surface area (Å²) in [5, 5.41) is 87.1. The number of nitrogens with one attached hydrogen (secondary N) is 1. The van der Waals surface area contributed by atoms with E-state index in [0.29, 0.717) is 6.42 Å². The number of halogens is 2. The Morgan fingerprint density at radius 2 is 1.59 bits per heavy atom. The first-order chi connectivity index (χ1) is 32.8. The van der Waals surface area contributed by atoms with Crippen molar-refractivity contribution in [1.29, 1.82) is 0 Å². The SMILES string of the molecule is CC[C@H]1OC(=O)[C@H](C)C(O)[C@H](C)C(OC2OC(C)C[C@@H](N(C)C)[C@H]2O)[C@](C)(O)C[C@@H](C)CN(CCCNC(=O)[C@@]2(O)[C@H](C)CC3C4C[C@H](F)C5=CC(=O)C=C[C@]5(C)[C@@]4(F)[C@@H](O)C[C@@]32C)[C@H](C)[C@@H](O)[C@]1(C)O. The second-order valence-corrected chi connectivity index (χ2v) is 24.0. The number of ketones is 1. The number of fused-ring (bicyclic) bond motifs is 5. The lowest BCUT2D eigenvalue weighted by Crippen LogP contribution is -2.71. The quantitative estimate of drug-likeness (QED) is 0.122. The van der Waals surface area contributed by atoms with Gasteiger partial charge in [-0.1, -0.05) is 40.7 Å². The largest absolute Gasteiger partial charge is 0.459 e. The van der Waals surface area contributed by atoms with Crippen LogP contribution < -0.4 is 5.32 Å². The summed E-state index contributed by atoms with van der Waals surface area (Å²) in [4.78, 5) is 44.3. The summed E-state index contributed by atoms with van der Waals surface area (Å²) >= 11 is 0. The van der Waals surface area contributed by atoms with Gasteiger partial charge in [-0.3, -0.25) is 19.3 Å². The van der Waals surface area contributed by atoms with Crippen molar-refractivity contribution in [2.75, 3.05) is 33.7 Å². The third kappa shape index (κ3) is 9.97. The number of allylic oxidation sites excluding steroid dienone is 4. The Hall–Kier alpha value is -2.49. The van der Waals surface area contributed by atoms with Crippen LogP contribution in [0.1, 0.15) is 121 Å². The highest BCUT2D eigenvalue weighted by atomic mass is 19.1. The first-order valence-corrected chi connectivity index (χ1v) is 26.1. The number of hydrogen-bond acceptors (Lipinski definition) is 15. The zero-order valence-electron chi connectivity index (χ0n) is 44.3. The van der Waals surface area contributed by atoms with Gasteiger partial charge in [0.1, 0.15) is 30.1 Å². The molecule has 71 heavy (non-hydrogen) atoms. The second-order valence-electron chi connectivity index (χ2n) is 24.0. The number of carbonyl (C=O) groups is 3. The van der Waals surface area contributed by atoms with Crippen molar-refractivity contribution in [3.05, 3.63) is 23.8 Å². The summed E-state index contributed by atoms with van der Waals surface area (Å²) in [5.74, 6) is -6.93. The fraction of sp³-hybridized carbons (Fsp3) is 0.868. The van der Waals surface area contributed by atoms with Crippen molar-refractivity contribution in [3.8, 4) is 0 Å². The summed E-state index contributed by atoms with van der Waals surface area (Å²) in [7, 11) is 3.68. The van der Waals surface area contributed by atoms with Crippen LogP contribution in [-0.4, -0.2) is 187 Å². The van der Waals surface area contributed by atoms with Crippen LogP contribution >= 0.6 is 0 Å². The summed E-state index contributed by atoms with van der Waals surface area (Å²) in [6, 6.07) is -1.14. The van der Waals surface area contributed by atoms with Gasteiger partial charge in [0.25, 0.3) is 5.91 Å². The van der Waals surface area contributed by atoms with Crippen molar-refractivity contribution in [1.82, 2.24) is 15.1 Å². The van der Waals surface area contributed by atoms with Crippen LogP contribution in [0, 0.1) is 46.3 Å². The number of alkyl halides is 2. The van der Waals surface area contributed by atoms with Crippen LogP contribution in [0.15, 0.2) is 23.8 Å². The fourth-order valence-corrected chi connectivity index (χ4v) is 14.5. The molecular formula is C53H87F2N3O13. The molecule has 0 aromatic heterocycles. The molecule has 0 aromatic rings. The van der Waals surface area contributed by atoms with Crippen molar-refractivity contribution >= 4 is 17.7 Å². The lowest BCUT2D eigenvalue weighted by atomic mass is 9.44. The van der Waals surface area contributed by atoms with Crippen LogP contribution in [0.2, 0.25) is 0 Å². The topological polar surface area (TPSA) is 239 Å². The predicted octanol–water partition coefficient (Wildman–Crippen LogP) is 3.15. The minimum Gasteiger partial charge on any atom is -0.459 e. The average molecular weight is 1010 g/mol. The Balaban J connectivity index is 1.23. The van der Waals surface area contributed by atoms with Crippen molar-refractivity contribution in [3.63, 3.8) is 0 Å². The number of rotatable bonds is 9. The third-order valence-electron chi connectivity index (χ3n) is 18.8. The van der Waals surface area contributed by atoms with E-state index in [0.717, 1.165) is 6.08 Å². The highest BCUT2D eigenvalue weighted by Crippen LogP contribution is 2.71. The molecule has 0 radical (unpaired) electrons. The van der Waals surface area contributed by atoms with E-state index in [1.165, 1.54) is 32.9 Å². The maximum atomic E-state index is 17.8. The molecule has 0 spiro atoms.